The number of aromatic nitrogens is 2. The molecular formula is C25H21ClN4O4. The number of anilines is 1. The molecule has 0 spiro atoms. The first-order valence-electron chi connectivity index (χ1n) is 10.5. The highest BCUT2D eigenvalue weighted by molar-refractivity contribution is 6.30. The van der Waals surface area contributed by atoms with Gasteiger partial charge in [0.1, 0.15) is 6.04 Å². The van der Waals surface area contributed by atoms with Gasteiger partial charge in [-0.2, -0.15) is 0 Å². The van der Waals surface area contributed by atoms with Gasteiger partial charge in [0.15, 0.2) is 0 Å². The fourth-order valence-electron chi connectivity index (χ4n) is 3.20. The third kappa shape index (κ3) is 5.60. The fraction of sp³-hybridized carbons (Fsp3) is 0.120. The van der Waals surface area contributed by atoms with Crippen LogP contribution in [0, 0.1) is 0 Å². The van der Waals surface area contributed by atoms with Crippen molar-refractivity contribution in [2.45, 2.75) is 13.0 Å². The molecule has 1 unspecified atom stereocenters. The minimum atomic E-state index is -0.687. The highest BCUT2D eigenvalue weighted by Crippen LogP contribution is 2.26. The Labute approximate surface area is 200 Å². The summed E-state index contributed by atoms with van der Waals surface area (Å²) in [5.74, 6) is 0.115. The summed E-state index contributed by atoms with van der Waals surface area (Å²) in [6.45, 7) is 2.03. The number of carbonyl (C=O) groups excluding carboxylic acids is 2. The van der Waals surface area contributed by atoms with E-state index in [2.05, 4.69) is 20.8 Å². The average Bonchev–Trinajstić information content (AvgIpc) is 3.34. The Bertz CT molecular complexity index is 1260. The van der Waals surface area contributed by atoms with Gasteiger partial charge in [0.25, 0.3) is 0 Å². The lowest BCUT2D eigenvalue weighted by molar-refractivity contribution is 0.0526. The van der Waals surface area contributed by atoms with E-state index in [0.717, 1.165) is 5.56 Å². The van der Waals surface area contributed by atoms with Crippen LogP contribution in [0.4, 0.5) is 10.5 Å². The van der Waals surface area contributed by atoms with Gasteiger partial charge in [-0.1, -0.05) is 41.9 Å². The predicted molar refractivity (Wildman–Crippen MR) is 128 cm³/mol. The number of hydrogen-bond acceptors (Lipinski definition) is 6. The van der Waals surface area contributed by atoms with Crippen LogP contribution in [-0.4, -0.2) is 28.8 Å². The first-order valence-corrected chi connectivity index (χ1v) is 10.9. The molecule has 0 bridgehead atoms. The maximum atomic E-state index is 12.8. The monoisotopic (exact) mass is 476 g/mol. The molecule has 8 nitrogen and oxygen atoms in total. The van der Waals surface area contributed by atoms with Gasteiger partial charge in [-0.25, -0.2) is 9.59 Å². The van der Waals surface area contributed by atoms with Crippen molar-refractivity contribution in [2.24, 2.45) is 0 Å². The Morgan fingerprint density at radius 1 is 0.971 bits per heavy atom. The normalized spacial score (nSPS) is 11.5. The van der Waals surface area contributed by atoms with E-state index in [-0.39, 0.29) is 12.5 Å². The van der Waals surface area contributed by atoms with Crippen LogP contribution >= 0.6 is 11.6 Å². The summed E-state index contributed by atoms with van der Waals surface area (Å²) >= 11 is 5.95. The first-order chi connectivity index (χ1) is 16.5. The van der Waals surface area contributed by atoms with E-state index in [4.69, 9.17) is 20.8 Å². The highest BCUT2D eigenvalue weighted by atomic mass is 35.5. The molecule has 0 aliphatic carbocycles. The molecule has 4 rings (SSSR count). The Kier molecular flexibility index (Phi) is 7.19. The van der Waals surface area contributed by atoms with Gasteiger partial charge < -0.3 is 19.8 Å². The van der Waals surface area contributed by atoms with Crippen molar-refractivity contribution in [2.75, 3.05) is 11.9 Å². The van der Waals surface area contributed by atoms with E-state index in [1.807, 2.05) is 30.3 Å². The zero-order valence-corrected chi connectivity index (χ0v) is 19.0. The molecule has 1 heterocycles. The summed E-state index contributed by atoms with van der Waals surface area (Å²) in [5.41, 5.74) is 2.38. The van der Waals surface area contributed by atoms with E-state index in [1.54, 1.807) is 55.5 Å². The maximum Gasteiger partial charge on any atom is 0.338 e. The van der Waals surface area contributed by atoms with Gasteiger partial charge in [-0.15, -0.1) is 10.2 Å². The molecule has 2 N–H and O–H groups in total. The molecule has 34 heavy (non-hydrogen) atoms. The van der Waals surface area contributed by atoms with E-state index in [1.165, 1.54) is 0 Å². The van der Waals surface area contributed by atoms with Crippen LogP contribution in [0.2, 0.25) is 5.02 Å². The van der Waals surface area contributed by atoms with E-state index >= 15 is 0 Å². The van der Waals surface area contributed by atoms with Crippen LogP contribution in [0.3, 0.4) is 0 Å². The predicted octanol–water partition coefficient (Wildman–Crippen LogP) is 5.48. The smallest absolute Gasteiger partial charge is 0.338 e. The standard InChI is InChI=1S/C25H21ClN4O4/c1-2-33-24(31)18-10-14-20(15-11-18)27-25(32)28-21(16-6-4-3-5-7-16)23-30-29-22(34-23)17-8-12-19(26)13-9-17/h3-15,21H,2H2,1H3,(H2,27,28,32). The lowest BCUT2D eigenvalue weighted by atomic mass is 10.1. The topological polar surface area (TPSA) is 106 Å². The van der Waals surface area contributed by atoms with Gasteiger partial charge in [-0.05, 0) is 61.0 Å². The number of ether oxygens (including phenoxy) is 1. The molecule has 3 aromatic carbocycles. The van der Waals surface area contributed by atoms with Crippen molar-refractivity contribution in [3.05, 3.63) is 101 Å². The van der Waals surface area contributed by atoms with E-state index < -0.39 is 18.0 Å². The number of rotatable bonds is 7. The lowest BCUT2D eigenvalue weighted by Gasteiger charge is -2.16. The van der Waals surface area contributed by atoms with Crippen LogP contribution in [-0.2, 0) is 4.74 Å². The third-order valence-electron chi connectivity index (χ3n) is 4.84. The SMILES string of the molecule is CCOC(=O)c1ccc(NC(=O)NC(c2ccccc2)c2nnc(-c3ccc(Cl)cc3)o2)cc1. The number of carbonyl (C=O) groups is 2. The van der Waals surface area contributed by atoms with Crippen molar-refractivity contribution < 1.29 is 18.7 Å². The number of esters is 1. The van der Waals surface area contributed by atoms with Crippen LogP contribution in [0.5, 0.6) is 0 Å². The number of benzene rings is 3. The number of urea groups is 1. The van der Waals surface area contributed by atoms with Crippen LogP contribution < -0.4 is 10.6 Å². The second-order valence-electron chi connectivity index (χ2n) is 7.19. The van der Waals surface area contributed by atoms with Gasteiger partial charge >= 0.3 is 12.0 Å². The van der Waals surface area contributed by atoms with E-state index in [0.29, 0.717) is 27.7 Å². The maximum absolute atomic E-state index is 12.8. The molecule has 1 atom stereocenters. The molecule has 1 aromatic heterocycles. The fourth-order valence-corrected chi connectivity index (χ4v) is 3.32. The van der Waals surface area contributed by atoms with Gasteiger partial charge in [0, 0.05) is 16.3 Å². The van der Waals surface area contributed by atoms with Gasteiger partial charge in [-0.3, -0.25) is 0 Å². The van der Waals surface area contributed by atoms with Gasteiger partial charge in [0.05, 0.1) is 12.2 Å². The summed E-state index contributed by atoms with van der Waals surface area (Å²) in [4.78, 5) is 24.6. The molecule has 9 heteroatoms. The molecule has 0 aliphatic heterocycles. The van der Waals surface area contributed by atoms with Crippen molar-refractivity contribution in [1.82, 2.24) is 15.5 Å². The molecule has 4 aromatic rings. The van der Waals surface area contributed by atoms with Crippen molar-refractivity contribution in [3.8, 4) is 11.5 Å². The summed E-state index contributed by atoms with van der Waals surface area (Å²) in [6, 6.07) is 21.5. The Balaban J connectivity index is 1.52. The lowest BCUT2D eigenvalue weighted by Crippen LogP contribution is -2.33. The summed E-state index contributed by atoms with van der Waals surface area (Å²) in [6.07, 6.45) is 0. The number of halogens is 1. The second-order valence-corrected chi connectivity index (χ2v) is 7.63. The third-order valence-corrected chi connectivity index (χ3v) is 5.09. The van der Waals surface area contributed by atoms with E-state index in [9.17, 15) is 9.59 Å². The Morgan fingerprint density at radius 3 is 2.35 bits per heavy atom. The first kappa shape index (κ1) is 23.0. The quantitative estimate of drug-likeness (QED) is 0.342. The van der Waals surface area contributed by atoms with Crippen molar-refractivity contribution >= 4 is 29.3 Å². The summed E-state index contributed by atoms with van der Waals surface area (Å²) < 4.78 is 10.9. The average molecular weight is 477 g/mol. The second kappa shape index (κ2) is 10.6. The molecule has 0 saturated heterocycles. The van der Waals surface area contributed by atoms with Gasteiger partial charge in [0.2, 0.25) is 11.8 Å². The number of nitrogens with zero attached hydrogens (tertiary/aromatic N) is 2. The molecule has 0 saturated carbocycles. The highest BCUT2D eigenvalue weighted by Gasteiger charge is 2.23. The number of hydrogen-bond donors (Lipinski definition) is 2. The minimum absolute atomic E-state index is 0.226. The largest absolute Gasteiger partial charge is 0.462 e. The summed E-state index contributed by atoms with van der Waals surface area (Å²) in [5, 5.41) is 14.5. The molecule has 0 fully saturated rings. The zero-order valence-electron chi connectivity index (χ0n) is 18.2. The van der Waals surface area contributed by atoms with Crippen LogP contribution in [0.25, 0.3) is 11.5 Å². The van der Waals surface area contributed by atoms with Crippen molar-refractivity contribution in [1.29, 1.82) is 0 Å². The van der Waals surface area contributed by atoms with Crippen molar-refractivity contribution in [3.63, 3.8) is 0 Å². The summed E-state index contributed by atoms with van der Waals surface area (Å²) in [7, 11) is 0. The minimum Gasteiger partial charge on any atom is -0.462 e. The molecular weight excluding hydrogens is 456 g/mol. The van der Waals surface area contributed by atoms with Crippen LogP contribution in [0.15, 0.2) is 83.3 Å². The zero-order chi connectivity index (χ0) is 23.9. The molecule has 0 aliphatic rings. The molecule has 172 valence electrons. The number of nitrogens with one attached hydrogen (secondary N) is 2. The molecule has 0 radical (unpaired) electrons. The molecule has 2 amide bonds. The number of amides is 2. The Hall–Kier alpha value is -4.17. The van der Waals surface area contributed by atoms with Crippen LogP contribution in [0.1, 0.15) is 34.8 Å². The Morgan fingerprint density at radius 2 is 1.68 bits per heavy atom.